The highest BCUT2D eigenvalue weighted by Crippen LogP contribution is 2.21. The van der Waals surface area contributed by atoms with Crippen molar-refractivity contribution in [1.82, 2.24) is 9.62 Å². The highest BCUT2D eigenvalue weighted by Gasteiger charge is 2.32. The van der Waals surface area contributed by atoms with Gasteiger partial charge in [-0.25, -0.2) is 8.42 Å². The Morgan fingerprint density at radius 3 is 2.58 bits per heavy atom. The molecule has 8 heteroatoms. The molecule has 2 atom stereocenters. The van der Waals surface area contributed by atoms with Crippen LogP contribution in [0.25, 0.3) is 10.8 Å². The molecule has 1 heterocycles. The maximum absolute atomic E-state index is 13.4. The lowest BCUT2D eigenvalue weighted by molar-refractivity contribution is -0.132. The van der Waals surface area contributed by atoms with E-state index in [2.05, 4.69) is 11.6 Å². The molecule has 1 unspecified atom stereocenters. The third-order valence-electron chi connectivity index (χ3n) is 6.04. The molecule has 4 N–H and O–H groups in total. The third kappa shape index (κ3) is 5.23. The number of nitrogens with one attached hydrogen (secondary N) is 2. The molecular weight excluding hydrogens is 436 g/mol. The van der Waals surface area contributed by atoms with E-state index in [0.717, 1.165) is 22.8 Å². The molecule has 3 aromatic rings. The molecule has 1 amide bonds. The summed E-state index contributed by atoms with van der Waals surface area (Å²) in [5, 5.41) is 9.42. The highest BCUT2D eigenvalue weighted by atomic mass is 32.2. The lowest BCUT2D eigenvalue weighted by Crippen LogP contribution is -2.49. The molecule has 33 heavy (non-hydrogen) atoms. The predicted molar refractivity (Wildman–Crippen MR) is 130 cm³/mol. The topological polar surface area (TPSA) is 116 Å². The van der Waals surface area contributed by atoms with Gasteiger partial charge in [0, 0.05) is 18.7 Å². The maximum Gasteiger partial charge on any atom is 0.241 e. The molecule has 0 saturated carbocycles. The van der Waals surface area contributed by atoms with Gasteiger partial charge in [0.15, 0.2) is 0 Å². The fraction of sp³-hybridized carbons (Fsp3) is 0.280. The Hall–Kier alpha value is -3.23. The second-order valence-corrected chi connectivity index (χ2v) is 10.4. The van der Waals surface area contributed by atoms with Gasteiger partial charge in [-0.15, -0.1) is 0 Å². The number of carbonyl (C=O) groups is 1. The van der Waals surface area contributed by atoms with E-state index >= 15 is 0 Å². The van der Waals surface area contributed by atoms with Gasteiger partial charge in [-0.3, -0.25) is 10.2 Å². The third-order valence-corrected chi connectivity index (χ3v) is 7.51. The lowest BCUT2D eigenvalue weighted by Gasteiger charge is -2.24. The van der Waals surface area contributed by atoms with Crippen LogP contribution < -0.4 is 10.5 Å². The Kier molecular flexibility index (Phi) is 6.49. The van der Waals surface area contributed by atoms with E-state index in [1.807, 2.05) is 30.3 Å². The van der Waals surface area contributed by atoms with E-state index in [-0.39, 0.29) is 23.1 Å². The summed E-state index contributed by atoms with van der Waals surface area (Å²) < 4.78 is 29.3. The number of fused-ring (bicyclic) bond motifs is 1. The summed E-state index contributed by atoms with van der Waals surface area (Å²) in [4.78, 5) is 15.2. The smallest absolute Gasteiger partial charge is 0.241 e. The fourth-order valence-electron chi connectivity index (χ4n) is 4.23. The molecule has 0 bridgehead atoms. The van der Waals surface area contributed by atoms with Gasteiger partial charge in [0.25, 0.3) is 0 Å². The van der Waals surface area contributed by atoms with E-state index < -0.39 is 16.1 Å². The number of amides is 1. The number of carbonyl (C=O) groups excluding carboxylic acids is 1. The first kappa shape index (κ1) is 22.9. The van der Waals surface area contributed by atoms with Gasteiger partial charge < -0.3 is 10.6 Å². The molecule has 0 aromatic heterocycles. The number of nitrogens with zero attached hydrogens (tertiary/aromatic N) is 1. The first-order chi connectivity index (χ1) is 15.7. The Balaban J connectivity index is 1.65. The standard InChI is InChI=1S/C25H28N4O3S/c1-17-11-12-29(16-17)25(30)23(14-18-5-4-8-21(13-18)24(26)27)28-33(31,32)22-10-9-19-6-2-3-7-20(19)15-22/h2-10,13,15,17,23,28H,11-12,14,16H2,1H3,(H3,26,27)/t17?,23-/m0/s1. The first-order valence-corrected chi connectivity index (χ1v) is 12.4. The van der Waals surface area contributed by atoms with Gasteiger partial charge in [0.1, 0.15) is 11.9 Å². The van der Waals surface area contributed by atoms with Crippen molar-refractivity contribution in [3.05, 3.63) is 77.9 Å². The summed E-state index contributed by atoms with van der Waals surface area (Å²) >= 11 is 0. The van der Waals surface area contributed by atoms with E-state index in [1.54, 1.807) is 41.3 Å². The second-order valence-electron chi connectivity index (χ2n) is 8.68. The quantitative estimate of drug-likeness (QED) is 0.368. The fourth-order valence-corrected chi connectivity index (χ4v) is 5.45. The molecule has 0 radical (unpaired) electrons. The number of amidine groups is 1. The number of hydrogen-bond acceptors (Lipinski definition) is 4. The normalized spacial score (nSPS) is 17.2. The largest absolute Gasteiger partial charge is 0.384 e. The van der Waals surface area contributed by atoms with Crippen molar-refractivity contribution in [3.63, 3.8) is 0 Å². The number of nitrogen functional groups attached to an aromatic ring is 1. The van der Waals surface area contributed by atoms with Crippen LogP contribution in [-0.4, -0.2) is 44.2 Å². The van der Waals surface area contributed by atoms with E-state index in [4.69, 9.17) is 11.1 Å². The van der Waals surface area contributed by atoms with Crippen molar-refractivity contribution >= 4 is 32.5 Å². The molecule has 1 aliphatic heterocycles. The summed E-state index contributed by atoms with van der Waals surface area (Å²) in [6.07, 6.45) is 1.06. The van der Waals surface area contributed by atoms with Crippen molar-refractivity contribution in [2.45, 2.75) is 30.7 Å². The van der Waals surface area contributed by atoms with Crippen LogP contribution in [0.4, 0.5) is 0 Å². The molecular formula is C25H28N4O3S. The molecule has 0 spiro atoms. The van der Waals surface area contributed by atoms with Crippen LogP contribution in [0.2, 0.25) is 0 Å². The molecule has 1 saturated heterocycles. The zero-order chi connectivity index (χ0) is 23.6. The molecule has 3 aromatic carbocycles. The Labute approximate surface area is 194 Å². The zero-order valence-electron chi connectivity index (χ0n) is 18.5. The number of nitrogens with two attached hydrogens (primary N) is 1. The molecule has 7 nitrogen and oxygen atoms in total. The van der Waals surface area contributed by atoms with Gasteiger partial charge in [0.05, 0.1) is 4.90 Å². The van der Waals surface area contributed by atoms with Crippen LogP contribution in [-0.2, 0) is 21.2 Å². The Bertz CT molecular complexity index is 1310. The van der Waals surface area contributed by atoms with Gasteiger partial charge >= 0.3 is 0 Å². The summed E-state index contributed by atoms with van der Waals surface area (Å²) in [5.41, 5.74) is 6.87. The average molecular weight is 465 g/mol. The number of likely N-dealkylation sites (tertiary alicyclic amines) is 1. The number of rotatable bonds is 7. The van der Waals surface area contributed by atoms with Crippen molar-refractivity contribution < 1.29 is 13.2 Å². The molecule has 1 fully saturated rings. The maximum atomic E-state index is 13.4. The minimum absolute atomic E-state index is 0.0789. The number of sulfonamides is 1. The zero-order valence-corrected chi connectivity index (χ0v) is 19.3. The molecule has 172 valence electrons. The van der Waals surface area contributed by atoms with E-state index in [1.165, 1.54) is 0 Å². The Morgan fingerprint density at radius 1 is 1.12 bits per heavy atom. The van der Waals surface area contributed by atoms with Crippen LogP contribution in [0.3, 0.4) is 0 Å². The van der Waals surface area contributed by atoms with Crippen molar-refractivity contribution in [3.8, 4) is 0 Å². The van der Waals surface area contributed by atoms with Crippen molar-refractivity contribution in [1.29, 1.82) is 5.41 Å². The van der Waals surface area contributed by atoms with E-state index in [9.17, 15) is 13.2 Å². The van der Waals surface area contributed by atoms with E-state index in [0.29, 0.717) is 24.6 Å². The Morgan fingerprint density at radius 2 is 1.88 bits per heavy atom. The van der Waals surface area contributed by atoms with Gasteiger partial charge in [0.2, 0.25) is 15.9 Å². The summed E-state index contributed by atoms with van der Waals surface area (Å²) in [6, 6.07) is 18.5. The average Bonchev–Trinajstić information content (AvgIpc) is 3.24. The van der Waals surface area contributed by atoms with Crippen molar-refractivity contribution in [2.24, 2.45) is 11.7 Å². The highest BCUT2D eigenvalue weighted by molar-refractivity contribution is 7.89. The molecule has 0 aliphatic carbocycles. The van der Waals surface area contributed by atoms with Crippen LogP contribution in [0, 0.1) is 11.3 Å². The summed E-state index contributed by atoms with van der Waals surface area (Å²) in [7, 11) is -3.95. The monoisotopic (exact) mass is 464 g/mol. The second kappa shape index (κ2) is 9.33. The van der Waals surface area contributed by atoms with Gasteiger partial charge in [-0.2, -0.15) is 4.72 Å². The molecule has 4 rings (SSSR count). The summed E-state index contributed by atoms with van der Waals surface area (Å²) in [6.45, 7) is 3.31. The van der Waals surface area contributed by atoms with Crippen LogP contribution >= 0.6 is 0 Å². The predicted octanol–water partition coefficient (Wildman–Crippen LogP) is 2.88. The van der Waals surface area contributed by atoms with Gasteiger partial charge in [-0.1, -0.05) is 55.5 Å². The first-order valence-electron chi connectivity index (χ1n) is 11.0. The minimum atomic E-state index is -3.95. The minimum Gasteiger partial charge on any atom is -0.384 e. The van der Waals surface area contributed by atoms with Crippen LogP contribution in [0.15, 0.2) is 71.6 Å². The van der Waals surface area contributed by atoms with Crippen LogP contribution in [0.5, 0.6) is 0 Å². The number of hydrogen-bond donors (Lipinski definition) is 3. The summed E-state index contributed by atoms with van der Waals surface area (Å²) in [5.74, 6) is 0.0644. The number of benzene rings is 3. The van der Waals surface area contributed by atoms with Gasteiger partial charge in [-0.05, 0) is 53.3 Å². The lowest BCUT2D eigenvalue weighted by atomic mass is 10.0. The van der Waals surface area contributed by atoms with Crippen molar-refractivity contribution in [2.75, 3.05) is 13.1 Å². The molecule has 1 aliphatic rings. The van der Waals surface area contributed by atoms with Crippen LogP contribution in [0.1, 0.15) is 24.5 Å². The SMILES string of the molecule is CC1CCN(C(=O)[C@H](Cc2cccc(C(=N)N)c2)NS(=O)(=O)c2ccc3ccccc3c2)C1.